The number of nitrogens with two attached hydrogens (primary N) is 1. The minimum absolute atomic E-state index is 0.227. The van der Waals surface area contributed by atoms with Crippen LogP contribution in [0, 0.1) is 0 Å². The van der Waals surface area contributed by atoms with Gasteiger partial charge in [-0.15, -0.1) is 0 Å². The Balaban J connectivity index is 1.84. The second-order valence-corrected chi connectivity index (χ2v) is 4.76. The zero-order valence-electron chi connectivity index (χ0n) is 11.9. The molecule has 112 valence electrons. The lowest BCUT2D eigenvalue weighted by Crippen LogP contribution is -2.26. The largest absolute Gasteiger partial charge is 0.508 e. The number of hydrogen-bond donors (Lipinski definition) is 3. The van der Waals surface area contributed by atoms with Crippen LogP contribution in [0.1, 0.15) is 41.3 Å². The Morgan fingerprint density at radius 3 is 2.81 bits per heavy atom. The van der Waals surface area contributed by atoms with E-state index in [1.165, 1.54) is 6.26 Å². The average Bonchev–Trinajstić information content (AvgIpc) is 2.98. The normalized spacial score (nSPS) is 12.1. The fourth-order valence-corrected chi connectivity index (χ4v) is 1.81. The smallest absolute Gasteiger partial charge is 0.273 e. The maximum absolute atomic E-state index is 11.9. The molecule has 0 bridgehead atoms. The summed E-state index contributed by atoms with van der Waals surface area (Å²) in [5, 5.41) is 12.0. The summed E-state index contributed by atoms with van der Waals surface area (Å²) in [7, 11) is 0. The number of carbonyl (C=O) groups is 1. The second-order valence-electron chi connectivity index (χ2n) is 4.76. The molecular weight excluding hydrogens is 270 g/mol. The van der Waals surface area contributed by atoms with Crippen molar-refractivity contribution in [1.82, 2.24) is 10.3 Å². The van der Waals surface area contributed by atoms with Crippen LogP contribution in [0.15, 0.2) is 34.9 Å². The number of aromatic nitrogens is 1. The molecular formula is C15H19N3O3. The standard InChI is InChI=1S/C15H19N3O3/c1-2-12(16)15-18-13(9-21-15)14(20)17-8-7-10-3-5-11(19)6-4-10/h3-6,9,12,19H,2,7-8,16H2,1H3,(H,17,20). The van der Waals surface area contributed by atoms with E-state index in [4.69, 9.17) is 10.2 Å². The molecule has 0 aliphatic carbocycles. The van der Waals surface area contributed by atoms with E-state index < -0.39 is 0 Å². The van der Waals surface area contributed by atoms with Crippen LogP contribution in [0.2, 0.25) is 0 Å². The first-order valence-electron chi connectivity index (χ1n) is 6.87. The van der Waals surface area contributed by atoms with Crippen LogP contribution in [0.4, 0.5) is 0 Å². The Hall–Kier alpha value is -2.34. The molecule has 0 saturated heterocycles. The van der Waals surface area contributed by atoms with E-state index in [-0.39, 0.29) is 23.4 Å². The minimum atomic E-state index is -0.288. The van der Waals surface area contributed by atoms with E-state index in [9.17, 15) is 9.90 Å². The molecule has 2 aromatic rings. The number of phenolic OH excluding ortho intramolecular Hbond substituents is 1. The van der Waals surface area contributed by atoms with Gasteiger partial charge in [-0.05, 0) is 30.5 Å². The zero-order chi connectivity index (χ0) is 15.2. The molecule has 0 aliphatic heterocycles. The zero-order valence-corrected chi connectivity index (χ0v) is 11.9. The first kappa shape index (κ1) is 15.1. The van der Waals surface area contributed by atoms with E-state index in [2.05, 4.69) is 10.3 Å². The van der Waals surface area contributed by atoms with E-state index in [1.807, 2.05) is 19.1 Å². The van der Waals surface area contributed by atoms with Gasteiger partial charge in [-0.1, -0.05) is 19.1 Å². The van der Waals surface area contributed by atoms with Crippen LogP contribution in [0.5, 0.6) is 5.75 Å². The Labute approximate surface area is 123 Å². The topological polar surface area (TPSA) is 101 Å². The molecule has 2 rings (SSSR count). The van der Waals surface area contributed by atoms with Gasteiger partial charge in [0.25, 0.3) is 5.91 Å². The van der Waals surface area contributed by atoms with Crippen LogP contribution in [-0.4, -0.2) is 22.5 Å². The van der Waals surface area contributed by atoms with Crippen LogP contribution >= 0.6 is 0 Å². The molecule has 6 heteroatoms. The lowest BCUT2D eigenvalue weighted by Gasteiger charge is -2.04. The van der Waals surface area contributed by atoms with Gasteiger partial charge in [0, 0.05) is 6.54 Å². The third-order valence-electron chi connectivity index (χ3n) is 3.15. The van der Waals surface area contributed by atoms with Gasteiger partial charge in [0.2, 0.25) is 5.89 Å². The molecule has 1 amide bonds. The predicted molar refractivity (Wildman–Crippen MR) is 77.9 cm³/mol. The number of nitrogens with zero attached hydrogens (tertiary/aromatic N) is 1. The highest BCUT2D eigenvalue weighted by atomic mass is 16.3. The van der Waals surface area contributed by atoms with Crippen molar-refractivity contribution in [3.63, 3.8) is 0 Å². The summed E-state index contributed by atoms with van der Waals surface area (Å²) < 4.78 is 5.19. The molecule has 1 atom stereocenters. The molecule has 1 aromatic heterocycles. The maximum atomic E-state index is 11.9. The third kappa shape index (κ3) is 4.06. The summed E-state index contributed by atoms with van der Waals surface area (Å²) >= 11 is 0. The molecule has 0 radical (unpaired) electrons. The highest BCUT2D eigenvalue weighted by Crippen LogP contribution is 2.13. The summed E-state index contributed by atoms with van der Waals surface area (Å²) in [5.74, 6) is 0.318. The number of amides is 1. The van der Waals surface area contributed by atoms with E-state index in [0.29, 0.717) is 25.3 Å². The summed E-state index contributed by atoms with van der Waals surface area (Å²) in [6, 6.07) is 6.58. The highest BCUT2D eigenvalue weighted by molar-refractivity contribution is 5.91. The molecule has 4 N–H and O–H groups in total. The monoisotopic (exact) mass is 289 g/mol. The van der Waals surface area contributed by atoms with Crippen molar-refractivity contribution < 1.29 is 14.3 Å². The first-order valence-corrected chi connectivity index (χ1v) is 6.87. The number of oxazole rings is 1. The Morgan fingerprint density at radius 2 is 2.14 bits per heavy atom. The summed E-state index contributed by atoms with van der Waals surface area (Å²) in [4.78, 5) is 16.0. The van der Waals surface area contributed by atoms with Gasteiger partial charge in [0.05, 0.1) is 6.04 Å². The quantitative estimate of drug-likeness (QED) is 0.752. The SMILES string of the molecule is CCC(N)c1nc(C(=O)NCCc2ccc(O)cc2)co1. The van der Waals surface area contributed by atoms with Gasteiger partial charge in [0.1, 0.15) is 12.0 Å². The summed E-state index contributed by atoms with van der Waals surface area (Å²) in [6.45, 7) is 2.40. The Bertz CT molecular complexity index is 592. The summed E-state index contributed by atoms with van der Waals surface area (Å²) in [6.07, 6.45) is 2.69. The van der Waals surface area contributed by atoms with Crippen LogP contribution in [-0.2, 0) is 6.42 Å². The molecule has 1 heterocycles. The van der Waals surface area contributed by atoms with Crippen molar-refractivity contribution in [3.05, 3.63) is 47.7 Å². The van der Waals surface area contributed by atoms with Crippen LogP contribution in [0.3, 0.4) is 0 Å². The van der Waals surface area contributed by atoms with E-state index in [0.717, 1.165) is 5.56 Å². The molecule has 6 nitrogen and oxygen atoms in total. The van der Waals surface area contributed by atoms with Crippen LogP contribution < -0.4 is 11.1 Å². The number of carbonyl (C=O) groups excluding carboxylic acids is 1. The van der Waals surface area contributed by atoms with Crippen molar-refractivity contribution in [3.8, 4) is 5.75 Å². The second kappa shape index (κ2) is 6.90. The Morgan fingerprint density at radius 1 is 1.43 bits per heavy atom. The van der Waals surface area contributed by atoms with E-state index in [1.54, 1.807) is 12.1 Å². The molecule has 1 unspecified atom stereocenters. The lowest BCUT2D eigenvalue weighted by atomic mass is 10.1. The van der Waals surface area contributed by atoms with Crippen molar-refractivity contribution in [2.75, 3.05) is 6.54 Å². The lowest BCUT2D eigenvalue weighted by molar-refractivity contribution is 0.0949. The van der Waals surface area contributed by atoms with Gasteiger partial charge < -0.3 is 20.6 Å². The van der Waals surface area contributed by atoms with Crippen molar-refractivity contribution in [2.45, 2.75) is 25.8 Å². The first-order chi connectivity index (χ1) is 10.1. The van der Waals surface area contributed by atoms with Gasteiger partial charge in [-0.25, -0.2) is 4.98 Å². The number of nitrogens with one attached hydrogen (secondary N) is 1. The number of benzene rings is 1. The predicted octanol–water partition coefficient (Wildman–Crippen LogP) is 1.76. The molecule has 0 aliphatic rings. The van der Waals surface area contributed by atoms with Gasteiger partial charge >= 0.3 is 0 Å². The van der Waals surface area contributed by atoms with Crippen molar-refractivity contribution in [2.24, 2.45) is 5.73 Å². The number of phenols is 1. The number of aromatic hydroxyl groups is 1. The molecule has 0 spiro atoms. The molecule has 0 fully saturated rings. The van der Waals surface area contributed by atoms with Gasteiger partial charge in [-0.3, -0.25) is 4.79 Å². The van der Waals surface area contributed by atoms with Crippen LogP contribution in [0.25, 0.3) is 0 Å². The fraction of sp³-hybridized carbons (Fsp3) is 0.333. The fourth-order valence-electron chi connectivity index (χ4n) is 1.81. The number of hydrogen-bond acceptors (Lipinski definition) is 5. The number of rotatable bonds is 6. The molecule has 21 heavy (non-hydrogen) atoms. The van der Waals surface area contributed by atoms with E-state index >= 15 is 0 Å². The average molecular weight is 289 g/mol. The highest BCUT2D eigenvalue weighted by Gasteiger charge is 2.15. The van der Waals surface area contributed by atoms with Gasteiger partial charge in [0.15, 0.2) is 5.69 Å². The third-order valence-corrected chi connectivity index (χ3v) is 3.15. The molecule has 0 saturated carbocycles. The minimum Gasteiger partial charge on any atom is -0.508 e. The van der Waals surface area contributed by atoms with Crippen molar-refractivity contribution >= 4 is 5.91 Å². The Kier molecular flexibility index (Phi) is 4.94. The maximum Gasteiger partial charge on any atom is 0.273 e. The molecule has 1 aromatic carbocycles. The summed E-state index contributed by atoms with van der Waals surface area (Å²) in [5.41, 5.74) is 7.05. The van der Waals surface area contributed by atoms with Gasteiger partial charge in [-0.2, -0.15) is 0 Å². The van der Waals surface area contributed by atoms with Crippen molar-refractivity contribution in [1.29, 1.82) is 0 Å².